The molecule has 8 aromatic carbocycles. The van der Waals surface area contributed by atoms with Gasteiger partial charge in [0, 0.05) is 22.1 Å². The first kappa shape index (κ1) is 39.5. The molecular weight excluding hydrogens is 729 g/mol. The smallest absolute Gasteiger partial charge is 0.144 e. The number of imidazole rings is 1. The lowest BCUT2D eigenvalue weighted by Crippen LogP contribution is -2.60. The summed E-state index contributed by atoms with van der Waals surface area (Å²) in [6, 6.07) is 51.1. The van der Waals surface area contributed by atoms with Crippen LogP contribution < -0.4 is 27.3 Å². The van der Waals surface area contributed by atoms with E-state index < -0.39 is 10.8 Å². The van der Waals surface area contributed by atoms with Crippen LogP contribution in [0.25, 0.3) is 83.0 Å². The maximum atomic E-state index is 12.3. The minimum atomic E-state index is -1.04. The fourth-order valence-electron chi connectivity index (χ4n) is 11.6. The summed E-state index contributed by atoms with van der Waals surface area (Å²) in [6.45, 7) is 0. The third-order valence-electron chi connectivity index (χ3n) is 14.5. The molecule has 61 heavy (non-hydrogen) atoms. The molecule has 10 rings (SSSR count). The monoisotopic (exact) mass is 774 g/mol. The van der Waals surface area contributed by atoms with Crippen LogP contribution in [-0.2, 0) is 5.41 Å². The molecule has 1 atom stereocenters. The van der Waals surface area contributed by atoms with Crippen LogP contribution in [0.15, 0.2) is 140 Å². The number of rotatable bonds is 6. The largest absolute Gasteiger partial charge is 0.406 e. The molecule has 0 fully saturated rings. The van der Waals surface area contributed by atoms with E-state index in [0.29, 0.717) is 0 Å². The first-order valence-corrected chi connectivity index (χ1v) is 21.7. The van der Waals surface area contributed by atoms with Crippen molar-refractivity contribution >= 4 is 138 Å². The lowest BCUT2D eigenvalue weighted by Gasteiger charge is -2.53. The van der Waals surface area contributed by atoms with Crippen LogP contribution in [0, 0.1) is 0 Å². The van der Waals surface area contributed by atoms with Crippen LogP contribution in [0.3, 0.4) is 0 Å². The molecule has 13 heteroatoms. The number of para-hydroxylation sites is 2. The normalized spacial score (nSPS) is 15.0. The van der Waals surface area contributed by atoms with Gasteiger partial charge in [-0.25, -0.2) is 4.98 Å². The second-order valence-electron chi connectivity index (χ2n) is 19.0. The van der Waals surface area contributed by atoms with Crippen LogP contribution in [-0.4, -0.2) is 98.5 Å². The van der Waals surface area contributed by atoms with Gasteiger partial charge >= 0.3 is 0 Å². The summed E-state index contributed by atoms with van der Waals surface area (Å²) in [5, 5.41) is 15.8. The third-order valence-corrected chi connectivity index (χ3v) is 14.5. The fraction of sp³-hybridized carbons (Fsp3) is 0.0625. The van der Waals surface area contributed by atoms with Crippen LogP contribution in [0.1, 0.15) is 11.1 Å². The average Bonchev–Trinajstić information content (AvgIpc) is 3.78. The SMILES string of the molecule is Bc1c(B)c(B)c(-c2nc3ccccc3n2-c2ccc(-c3c4ccccc4c(-c4ccc5c(c4)C(C(B)(B)B)(C(B)(B)O)c4ccccc4-5)c4ccccc34)cc2)c(B)c1B. The van der Waals surface area contributed by atoms with E-state index in [-0.39, 0.29) is 5.11 Å². The highest BCUT2D eigenvalue weighted by atomic mass is 16.3. The van der Waals surface area contributed by atoms with Gasteiger partial charge in [-0.05, 0) is 96.4 Å². The van der Waals surface area contributed by atoms with Gasteiger partial charge in [-0.2, -0.15) is 0 Å². The van der Waals surface area contributed by atoms with E-state index in [1.54, 1.807) is 0 Å². The maximum absolute atomic E-state index is 12.3. The molecular formula is C48H44B10N2O. The van der Waals surface area contributed by atoms with Gasteiger partial charge in [0.25, 0.3) is 0 Å². The van der Waals surface area contributed by atoms with Crippen molar-refractivity contribution in [1.82, 2.24) is 9.55 Å². The van der Waals surface area contributed by atoms with Crippen molar-refractivity contribution in [2.75, 3.05) is 0 Å². The van der Waals surface area contributed by atoms with E-state index in [4.69, 9.17) is 4.98 Å². The second kappa shape index (κ2) is 13.9. The summed E-state index contributed by atoms with van der Waals surface area (Å²) in [7, 11) is 22.0. The zero-order chi connectivity index (χ0) is 42.7. The number of aliphatic hydroxyl groups is 1. The lowest BCUT2D eigenvalue weighted by atomic mass is 9.24. The highest BCUT2D eigenvalue weighted by Gasteiger charge is 2.58. The van der Waals surface area contributed by atoms with Gasteiger partial charge in [0.15, 0.2) is 0 Å². The predicted octanol–water partition coefficient (Wildman–Crippen LogP) is -2.22. The van der Waals surface area contributed by atoms with Gasteiger partial charge < -0.3 is 5.11 Å². The number of aromatic nitrogens is 2. The lowest BCUT2D eigenvalue weighted by molar-refractivity contribution is 0.138. The molecule has 0 aliphatic heterocycles. The molecule has 0 spiro atoms. The van der Waals surface area contributed by atoms with Gasteiger partial charge in [0.1, 0.15) is 60.7 Å². The summed E-state index contributed by atoms with van der Waals surface area (Å²) in [6.07, 6.45) is 0. The molecule has 9 aromatic rings. The topological polar surface area (TPSA) is 38.0 Å². The molecule has 1 aliphatic rings. The van der Waals surface area contributed by atoms with Gasteiger partial charge in [-0.3, -0.25) is 4.57 Å². The van der Waals surface area contributed by atoms with E-state index >= 15 is 0 Å². The standard InChI is InChI=1S/C48H44B10N2O/c49-40-39(41(50)43(52)44(53)42(40)51)45-59-35-15-7-8-16-36(35)60(45)26-20-17-24(18-21-26)37-29-10-1-3-12-31(29)38(32-13-4-2-11-30(32)37)25-19-22-28-27-9-5-6-14-33(27)46(34(28)23-25,47(54,55)56)48(57,58)61/h1-23,61H,49-58H2. The summed E-state index contributed by atoms with van der Waals surface area (Å²) >= 11 is 0. The molecule has 1 heterocycles. The predicted molar refractivity (Wildman–Crippen MR) is 290 cm³/mol. The van der Waals surface area contributed by atoms with Crippen molar-refractivity contribution in [1.29, 1.82) is 0 Å². The van der Waals surface area contributed by atoms with Crippen LogP contribution in [0.2, 0.25) is 5.11 Å². The molecule has 0 bridgehead atoms. The van der Waals surface area contributed by atoms with E-state index in [9.17, 15) is 5.11 Å². The molecule has 1 N–H and O–H groups in total. The molecule has 1 aromatic heterocycles. The Bertz CT molecular complexity index is 3190. The van der Waals surface area contributed by atoms with Gasteiger partial charge in [0.2, 0.25) is 0 Å². The van der Waals surface area contributed by atoms with Gasteiger partial charge in [-0.1, -0.05) is 125 Å². The first-order valence-electron chi connectivity index (χ1n) is 21.7. The highest BCUT2D eigenvalue weighted by Crippen LogP contribution is 2.61. The second-order valence-corrected chi connectivity index (χ2v) is 19.0. The summed E-state index contributed by atoms with van der Waals surface area (Å²) in [5.74, 6) is 0.980. The molecule has 0 saturated carbocycles. The molecule has 282 valence electrons. The zero-order valence-electron chi connectivity index (χ0n) is 37.1. The summed E-state index contributed by atoms with van der Waals surface area (Å²) < 4.78 is 2.35. The number of nitrogens with zero attached hydrogens (tertiary/aromatic N) is 2. The molecule has 1 aliphatic carbocycles. The van der Waals surface area contributed by atoms with Crippen molar-refractivity contribution < 1.29 is 5.11 Å². The Kier molecular flexibility index (Phi) is 9.03. The van der Waals surface area contributed by atoms with Crippen molar-refractivity contribution in [2.24, 2.45) is 0 Å². The third kappa shape index (κ3) is 5.58. The van der Waals surface area contributed by atoms with E-state index in [1.165, 1.54) is 93.4 Å². The Morgan fingerprint density at radius 1 is 0.475 bits per heavy atom. The zero-order valence-corrected chi connectivity index (χ0v) is 37.1. The quantitative estimate of drug-likeness (QED) is 0.154. The first-order chi connectivity index (χ1) is 29.1. The number of hydrogen-bond donors (Lipinski definition) is 1. The van der Waals surface area contributed by atoms with E-state index in [0.717, 1.165) is 28.1 Å². The van der Waals surface area contributed by atoms with Crippen LogP contribution in [0.4, 0.5) is 0 Å². The van der Waals surface area contributed by atoms with Crippen molar-refractivity contribution in [3.8, 4) is 50.5 Å². The van der Waals surface area contributed by atoms with Gasteiger partial charge in [-0.15, -0.1) is 16.4 Å². The molecule has 0 saturated heterocycles. The Balaban J connectivity index is 1.18. The van der Waals surface area contributed by atoms with Gasteiger partial charge in [0.05, 0.1) is 34.6 Å². The molecule has 0 amide bonds. The molecule has 3 nitrogen and oxygen atoms in total. The van der Waals surface area contributed by atoms with E-state index in [2.05, 4.69) is 207 Å². The molecule has 0 radical (unpaired) electrons. The van der Waals surface area contributed by atoms with Crippen molar-refractivity contribution in [3.63, 3.8) is 0 Å². The average molecular weight is 773 g/mol. The number of fused-ring (bicyclic) bond motifs is 6. The van der Waals surface area contributed by atoms with E-state index in [1.807, 2.05) is 15.7 Å². The molecule has 1 unspecified atom stereocenters. The Labute approximate surface area is 368 Å². The van der Waals surface area contributed by atoms with Crippen molar-refractivity contribution in [2.45, 2.75) is 15.9 Å². The summed E-state index contributed by atoms with van der Waals surface area (Å²) in [5.41, 5.74) is 19.9. The van der Waals surface area contributed by atoms with Crippen LogP contribution in [0.5, 0.6) is 0 Å². The number of benzene rings is 8. The minimum absolute atomic E-state index is 0.287. The summed E-state index contributed by atoms with van der Waals surface area (Å²) in [4.78, 5) is 5.31. The highest BCUT2D eigenvalue weighted by molar-refractivity contribution is 6.68. The Morgan fingerprint density at radius 3 is 1.52 bits per heavy atom. The fourth-order valence-corrected chi connectivity index (χ4v) is 11.6. The maximum Gasteiger partial charge on any atom is 0.144 e. The Morgan fingerprint density at radius 2 is 0.951 bits per heavy atom. The van der Waals surface area contributed by atoms with Crippen molar-refractivity contribution in [3.05, 3.63) is 151 Å². The minimum Gasteiger partial charge on any atom is -0.406 e. The number of hydrogen-bond acceptors (Lipinski definition) is 2. The van der Waals surface area contributed by atoms with Crippen LogP contribution >= 0.6 is 0 Å². The Hall–Kier alpha value is -5.64.